The predicted molar refractivity (Wildman–Crippen MR) is 87.5 cm³/mol. The standard InChI is InChI=1S/C18H22N2O3/c1-12-3-4-15-14(11-12)13(2)16(19-15)17(21)20-7-5-18(6-8-20)22-9-10-23-18/h3-4,11,19H,5-10H2,1-2H3. The van der Waals surface area contributed by atoms with Crippen LogP contribution in [0.15, 0.2) is 18.2 Å². The van der Waals surface area contributed by atoms with Gasteiger partial charge in [0.15, 0.2) is 5.79 Å². The molecule has 5 heteroatoms. The first-order chi connectivity index (χ1) is 11.1. The molecule has 2 fully saturated rings. The lowest BCUT2D eigenvalue weighted by Gasteiger charge is -2.37. The summed E-state index contributed by atoms with van der Waals surface area (Å²) >= 11 is 0. The van der Waals surface area contributed by atoms with Crippen LogP contribution >= 0.6 is 0 Å². The van der Waals surface area contributed by atoms with Gasteiger partial charge in [0.2, 0.25) is 0 Å². The molecule has 1 aromatic carbocycles. The molecule has 0 unspecified atom stereocenters. The molecule has 4 rings (SSSR count). The van der Waals surface area contributed by atoms with Gasteiger partial charge in [0.25, 0.3) is 5.91 Å². The van der Waals surface area contributed by atoms with Gasteiger partial charge in [0.1, 0.15) is 5.69 Å². The van der Waals surface area contributed by atoms with E-state index in [1.165, 1.54) is 5.56 Å². The third kappa shape index (κ3) is 2.44. The number of aromatic nitrogens is 1. The van der Waals surface area contributed by atoms with Crippen molar-refractivity contribution in [3.05, 3.63) is 35.0 Å². The molecule has 5 nitrogen and oxygen atoms in total. The predicted octanol–water partition coefficient (Wildman–Crippen LogP) is 2.76. The molecule has 0 radical (unpaired) electrons. The molecule has 1 amide bonds. The number of benzene rings is 1. The highest BCUT2D eigenvalue weighted by atomic mass is 16.7. The van der Waals surface area contributed by atoms with E-state index in [-0.39, 0.29) is 5.91 Å². The van der Waals surface area contributed by atoms with Crippen molar-refractivity contribution in [3.63, 3.8) is 0 Å². The summed E-state index contributed by atoms with van der Waals surface area (Å²) in [5, 5.41) is 1.13. The summed E-state index contributed by atoms with van der Waals surface area (Å²) in [4.78, 5) is 18.1. The number of aromatic amines is 1. The number of H-pyrrole nitrogens is 1. The van der Waals surface area contributed by atoms with Crippen molar-refractivity contribution in [2.45, 2.75) is 32.5 Å². The van der Waals surface area contributed by atoms with Gasteiger partial charge in [0.05, 0.1) is 13.2 Å². The zero-order valence-corrected chi connectivity index (χ0v) is 13.6. The lowest BCUT2D eigenvalue weighted by molar-refractivity contribution is -0.181. The molecule has 0 bridgehead atoms. The van der Waals surface area contributed by atoms with Gasteiger partial charge in [-0.1, -0.05) is 11.6 Å². The number of amides is 1. The summed E-state index contributed by atoms with van der Waals surface area (Å²) < 4.78 is 11.5. The van der Waals surface area contributed by atoms with Crippen LogP contribution < -0.4 is 0 Å². The lowest BCUT2D eigenvalue weighted by Crippen LogP contribution is -2.47. The van der Waals surface area contributed by atoms with E-state index in [2.05, 4.69) is 24.0 Å². The number of ether oxygens (including phenoxy) is 2. The Hall–Kier alpha value is -1.85. The number of fused-ring (bicyclic) bond motifs is 1. The van der Waals surface area contributed by atoms with E-state index in [0.717, 1.165) is 29.3 Å². The average molecular weight is 314 g/mol. The molecule has 0 aliphatic carbocycles. The van der Waals surface area contributed by atoms with Gasteiger partial charge >= 0.3 is 0 Å². The summed E-state index contributed by atoms with van der Waals surface area (Å²) in [6, 6.07) is 6.23. The topological polar surface area (TPSA) is 54.6 Å². The smallest absolute Gasteiger partial charge is 0.270 e. The van der Waals surface area contributed by atoms with Crippen molar-refractivity contribution in [2.75, 3.05) is 26.3 Å². The largest absolute Gasteiger partial charge is 0.350 e. The Morgan fingerprint density at radius 3 is 2.57 bits per heavy atom. The minimum absolute atomic E-state index is 0.0733. The second kappa shape index (κ2) is 5.35. The first-order valence-corrected chi connectivity index (χ1v) is 8.24. The summed E-state index contributed by atoms with van der Waals surface area (Å²) in [5.74, 6) is -0.368. The van der Waals surface area contributed by atoms with Crippen LogP contribution in [0.5, 0.6) is 0 Å². The number of nitrogens with one attached hydrogen (secondary N) is 1. The highest BCUT2D eigenvalue weighted by molar-refractivity contribution is 6.01. The van der Waals surface area contributed by atoms with Crippen LogP contribution in [-0.4, -0.2) is 47.9 Å². The maximum Gasteiger partial charge on any atom is 0.270 e. The third-order valence-corrected chi connectivity index (χ3v) is 5.05. The molecule has 23 heavy (non-hydrogen) atoms. The van der Waals surface area contributed by atoms with Crippen molar-refractivity contribution in [1.29, 1.82) is 0 Å². The molecule has 0 saturated carbocycles. The molecule has 2 aliphatic heterocycles. The Morgan fingerprint density at radius 2 is 1.87 bits per heavy atom. The third-order valence-electron chi connectivity index (χ3n) is 5.05. The van der Waals surface area contributed by atoms with Crippen LogP contribution in [0.3, 0.4) is 0 Å². The van der Waals surface area contributed by atoms with Gasteiger partial charge in [-0.15, -0.1) is 0 Å². The van der Waals surface area contributed by atoms with Gasteiger partial charge in [-0.3, -0.25) is 4.79 Å². The van der Waals surface area contributed by atoms with Crippen LogP contribution in [0, 0.1) is 13.8 Å². The number of likely N-dealkylation sites (tertiary alicyclic amines) is 1. The Morgan fingerprint density at radius 1 is 1.17 bits per heavy atom. The Balaban J connectivity index is 1.56. The first-order valence-electron chi connectivity index (χ1n) is 8.24. The number of carbonyl (C=O) groups is 1. The molecule has 2 aliphatic rings. The number of nitrogens with zero attached hydrogens (tertiary/aromatic N) is 1. The highest BCUT2D eigenvalue weighted by Gasteiger charge is 2.41. The molecule has 3 heterocycles. The van der Waals surface area contributed by atoms with Crippen molar-refractivity contribution in [2.24, 2.45) is 0 Å². The molecular weight excluding hydrogens is 292 g/mol. The van der Waals surface area contributed by atoms with Gasteiger partial charge in [-0.2, -0.15) is 0 Å². The van der Waals surface area contributed by atoms with E-state index >= 15 is 0 Å². The van der Waals surface area contributed by atoms with Crippen molar-refractivity contribution >= 4 is 16.8 Å². The summed E-state index contributed by atoms with van der Waals surface area (Å²) in [6.45, 7) is 6.75. The van der Waals surface area contributed by atoms with Crippen molar-refractivity contribution < 1.29 is 14.3 Å². The summed E-state index contributed by atoms with van der Waals surface area (Å²) in [7, 11) is 0. The molecular formula is C18H22N2O3. The summed E-state index contributed by atoms with van der Waals surface area (Å²) in [6.07, 6.45) is 1.49. The second-order valence-corrected chi connectivity index (χ2v) is 6.57. The fourth-order valence-electron chi connectivity index (χ4n) is 3.65. The van der Waals surface area contributed by atoms with Gasteiger partial charge in [0, 0.05) is 36.8 Å². The normalized spacial score (nSPS) is 20.5. The van der Waals surface area contributed by atoms with E-state index in [4.69, 9.17) is 9.47 Å². The maximum atomic E-state index is 12.9. The van der Waals surface area contributed by atoms with Crippen molar-refractivity contribution in [1.82, 2.24) is 9.88 Å². The molecule has 1 N–H and O–H groups in total. The van der Waals surface area contributed by atoms with E-state index in [1.54, 1.807) is 0 Å². The zero-order chi connectivity index (χ0) is 16.0. The SMILES string of the molecule is Cc1ccc2[nH]c(C(=O)N3CCC4(CC3)OCCO4)c(C)c2c1. The van der Waals surface area contributed by atoms with Crippen LogP contribution in [0.1, 0.15) is 34.5 Å². The quantitative estimate of drug-likeness (QED) is 0.880. The molecule has 2 aromatic rings. The van der Waals surface area contributed by atoms with Gasteiger partial charge in [-0.05, 0) is 31.5 Å². The average Bonchev–Trinajstić information content (AvgIpc) is 3.13. The fourth-order valence-corrected chi connectivity index (χ4v) is 3.65. The number of hydrogen-bond acceptors (Lipinski definition) is 3. The van der Waals surface area contributed by atoms with Crippen molar-refractivity contribution in [3.8, 4) is 0 Å². The minimum atomic E-state index is -0.441. The Kier molecular flexibility index (Phi) is 3.43. The van der Waals surface area contributed by atoms with E-state index < -0.39 is 5.79 Å². The van der Waals surface area contributed by atoms with Crippen LogP contribution in [0.4, 0.5) is 0 Å². The monoisotopic (exact) mass is 314 g/mol. The Bertz CT molecular complexity index is 749. The molecule has 2 saturated heterocycles. The minimum Gasteiger partial charge on any atom is -0.350 e. The highest BCUT2D eigenvalue weighted by Crippen LogP contribution is 2.32. The first kappa shape index (κ1) is 14.7. The lowest BCUT2D eigenvalue weighted by atomic mass is 10.0. The summed E-state index contributed by atoms with van der Waals surface area (Å²) in [5.41, 5.74) is 3.96. The Labute approximate surface area is 135 Å². The molecule has 0 atom stereocenters. The number of carbonyl (C=O) groups excluding carboxylic acids is 1. The second-order valence-electron chi connectivity index (χ2n) is 6.57. The van der Waals surface area contributed by atoms with Gasteiger partial charge < -0.3 is 19.4 Å². The van der Waals surface area contributed by atoms with Gasteiger partial charge in [-0.25, -0.2) is 0 Å². The van der Waals surface area contributed by atoms with Crippen LogP contribution in [-0.2, 0) is 9.47 Å². The molecule has 122 valence electrons. The van der Waals surface area contributed by atoms with E-state index in [1.807, 2.05) is 17.9 Å². The van der Waals surface area contributed by atoms with E-state index in [9.17, 15) is 4.79 Å². The van der Waals surface area contributed by atoms with Crippen LogP contribution in [0.2, 0.25) is 0 Å². The number of piperidine rings is 1. The zero-order valence-electron chi connectivity index (χ0n) is 13.6. The van der Waals surface area contributed by atoms with Crippen LogP contribution in [0.25, 0.3) is 10.9 Å². The number of aryl methyl sites for hydroxylation is 2. The molecule has 1 aromatic heterocycles. The number of rotatable bonds is 1. The molecule has 1 spiro atoms. The number of hydrogen-bond donors (Lipinski definition) is 1. The fraction of sp³-hybridized carbons (Fsp3) is 0.500. The maximum absolute atomic E-state index is 12.9. The van der Waals surface area contributed by atoms with E-state index in [0.29, 0.717) is 32.0 Å².